The maximum atomic E-state index is 12.3. The summed E-state index contributed by atoms with van der Waals surface area (Å²) in [5.74, 6) is -0.129. The number of Topliss-reactive ketones (excluding diaryl/α,β-unsaturated/α-hetero) is 1. The molecule has 0 unspecified atom stereocenters. The molecule has 2 rings (SSSR count). The summed E-state index contributed by atoms with van der Waals surface area (Å²) >= 11 is 0. The lowest BCUT2D eigenvalue weighted by Crippen LogP contribution is -2.43. The molecule has 0 saturated heterocycles. The van der Waals surface area contributed by atoms with E-state index < -0.39 is 18.9 Å². The lowest BCUT2D eigenvalue weighted by molar-refractivity contribution is -0.193. The average Bonchev–Trinajstić information content (AvgIpc) is 2.50. The van der Waals surface area contributed by atoms with Crippen LogP contribution in [0.1, 0.15) is 51.9 Å². The molecule has 0 aliphatic heterocycles. The van der Waals surface area contributed by atoms with Crippen LogP contribution in [0.15, 0.2) is 0 Å². The van der Waals surface area contributed by atoms with E-state index in [4.69, 9.17) is 4.74 Å². The van der Waals surface area contributed by atoms with Crippen molar-refractivity contribution < 1.29 is 27.5 Å². The van der Waals surface area contributed by atoms with Crippen molar-refractivity contribution in [3.05, 3.63) is 0 Å². The smallest absolute Gasteiger partial charge is 0.368 e. The maximum absolute atomic E-state index is 12.3. The summed E-state index contributed by atoms with van der Waals surface area (Å²) in [5.41, 5.74) is 0. The Bertz CT molecular complexity index is 453. The van der Waals surface area contributed by atoms with Crippen molar-refractivity contribution in [3.63, 3.8) is 0 Å². The van der Waals surface area contributed by atoms with Crippen molar-refractivity contribution in [2.75, 3.05) is 13.2 Å². The molecule has 4 nitrogen and oxygen atoms in total. The first kappa shape index (κ1) is 19.2. The fraction of sp³-hybridized carbons (Fsp3) is 0.882. The summed E-state index contributed by atoms with van der Waals surface area (Å²) in [6.07, 6.45) is -0.185. The van der Waals surface area contributed by atoms with Crippen molar-refractivity contribution in [2.45, 2.75) is 64.1 Å². The van der Waals surface area contributed by atoms with Gasteiger partial charge in [-0.15, -0.1) is 0 Å². The number of ether oxygens (including phenoxy) is 1. The van der Waals surface area contributed by atoms with Gasteiger partial charge < -0.3 is 10.1 Å². The fourth-order valence-corrected chi connectivity index (χ4v) is 3.78. The highest BCUT2D eigenvalue weighted by Gasteiger charge is 2.35. The number of alkyl halides is 3. The molecule has 2 saturated carbocycles. The Balaban J connectivity index is 1.82. The molecule has 1 amide bonds. The standard InChI is InChI=1S/C17H26F3NO3/c1-11-8-13(22)6-7-14(11)16(23)21-9-12-4-2-3-5-15(12)24-10-17(18,19)20/h11-12,14-15H,2-10H2,1H3,(H,21,23)/t11-,12+,14+,15+/m1/s1. The Hall–Kier alpha value is -1.11. The van der Waals surface area contributed by atoms with Crippen LogP contribution in [-0.2, 0) is 14.3 Å². The summed E-state index contributed by atoms with van der Waals surface area (Å²) in [6, 6.07) is 0. The maximum Gasteiger partial charge on any atom is 0.411 e. The first-order valence-electron chi connectivity index (χ1n) is 8.74. The number of carbonyl (C=O) groups is 2. The first-order valence-corrected chi connectivity index (χ1v) is 8.74. The van der Waals surface area contributed by atoms with Gasteiger partial charge in [0, 0.05) is 31.2 Å². The lowest BCUT2D eigenvalue weighted by Gasteiger charge is -2.33. The van der Waals surface area contributed by atoms with Crippen LogP contribution >= 0.6 is 0 Å². The van der Waals surface area contributed by atoms with Crippen LogP contribution in [0.2, 0.25) is 0 Å². The van der Waals surface area contributed by atoms with E-state index in [1.54, 1.807) is 0 Å². The largest absolute Gasteiger partial charge is 0.411 e. The predicted molar refractivity (Wildman–Crippen MR) is 82.3 cm³/mol. The van der Waals surface area contributed by atoms with Crippen LogP contribution < -0.4 is 5.32 Å². The molecule has 138 valence electrons. The molecule has 0 aromatic carbocycles. The molecule has 7 heteroatoms. The van der Waals surface area contributed by atoms with Gasteiger partial charge in [-0.05, 0) is 25.2 Å². The van der Waals surface area contributed by atoms with Gasteiger partial charge >= 0.3 is 6.18 Å². The molecule has 0 aromatic rings. The summed E-state index contributed by atoms with van der Waals surface area (Å²) in [5, 5.41) is 2.88. The van der Waals surface area contributed by atoms with E-state index in [-0.39, 0.29) is 29.4 Å². The highest BCUT2D eigenvalue weighted by molar-refractivity contribution is 5.85. The van der Waals surface area contributed by atoms with Gasteiger partial charge in [0.05, 0.1) is 6.10 Å². The zero-order valence-electron chi connectivity index (χ0n) is 14.0. The third-order valence-corrected chi connectivity index (χ3v) is 5.15. The van der Waals surface area contributed by atoms with Crippen LogP contribution in [-0.4, -0.2) is 37.1 Å². The van der Waals surface area contributed by atoms with Gasteiger partial charge in [0.15, 0.2) is 0 Å². The summed E-state index contributed by atoms with van der Waals surface area (Å²) in [6.45, 7) is 1.01. The lowest BCUT2D eigenvalue weighted by atomic mass is 9.79. The average molecular weight is 349 g/mol. The van der Waals surface area contributed by atoms with E-state index in [2.05, 4.69) is 5.32 Å². The highest BCUT2D eigenvalue weighted by Crippen LogP contribution is 2.30. The molecule has 2 aliphatic carbocycles. The minimum atomic E-state index is -4.32. The Morgan fingerprint density at radius 3 is 2.62 bits per heavy atom. The number of amides is 1. The van der Waals surface area contributed by atoms with Crippen molar-refractivity contribution in [1.29, 1.82) is 0 Å². The van der Waals surface area contributed by atoms with Gasteiger partial charge in [0.2, 0.25) is 5.91 Å². The van der Waals surface area contributed by atoms with Gasteiger partial charge in [0.1, 0.15) is 12.4 Å². The molecule has 0 spiro atoms. The first-order chi connectivity index (χ1) is 11.3. The third kappa shape index (κ3) is 5.76. The second kappa shape index (κ2) is 8.32. The van der Waals surface area contributed by atoms with Crippen LogP contribution in [0, 0.1) is 17.8 Å². The van der Waals surface area contributed by atoms with Crippen molar-refractivity contribution in [3.8, 4) is 0 Å². The Kier molecular flexibility index (Phi) is 6.66. The summed E-state index contributed by atoms with van der Waals surface area (Å²) in [4.78, 5) is 23.7. The van der Waals surface area contributed by atoms with Gasteiger partial charge in [-0.25, -0.2) is 0 Å². The number of nitrogens with one attached hydrogen (secondary N) is 1. The fourth-order valence-electron chi connectivity index (χ4n) is 3.78. The molecular formula is C17H26F3NO3. The molecule has 1 N–H and O–H groups in total. The molecule has 2 fully saturated rings. The Morgan fingerprint density at radius 1 is 1.25 bits per heavy atom. The summed E-state index contributed by atoms with van der Waals surface area (Å²) < 4.78 is 42.1. The van der Waals surface area contributed by atoms with E-state index in [0.717, 1.165) is 19.3 Å². The zero-order chi connectivity index (χ0) is 17.7. The number of carbonyl (C=O) groups excluding carboxylic acids is 2. The highest BCUT2D eigenvalue weighted by atomic mass is 19.4. The molecule has 0 aromatic heterocycles. The van der Waals surface area contributed by atoms with Crippen LogP contribution in [0.25, 0.3) is 0 Å². The van der Waals surface area contributed by atoms with E-state index in [1.807, 2.05) is 6.92 Å². The van der Waals surface area contributed by atoms with Crippen molar-refractivity contribution >= 4 is 11.7 Å². The second-order valence-electron chi connectivity index (χ2n) is 7.12. The van der Waals surface area contributed by atoms with Crippen molar-refractivity contribution in [1.82, 2.24) is 5.32 Å². The van der Waals surface area contributed by atoms with Gasteiger partial charge in [0.25, 0.3) is 0 Å². The second-order valence-corrected chi connectivity index (χ2v) is 7.12. The van der Waals surface area contributed by atoms with E-state index >= 15 is 0 Å². The molecule has 0 bridgehead atoms. The molecule has 4 atom stereocenters. The SMILES string of the molecule is C[C@@H]1CC(=O)CC[C@@H]1C(=O)NC[C@@H]1CCCC[C@@H]1OCC(F)(F)F. The number of halogens is 3. The van der Waals surface area contributed by atoms with Gasteiger partial charge in [-0.1, -0.05) is 19.8 Å². The van der Waals surface area contributed by atoms with Gasteiger partial charge in [-0.3, -0.25) is 9.59 Å². The third-order valence-electron chi connectivity index (χ3n) is 5.15. The van der Waals surface area contributed by atoms with E-state index in [1.165, 1.54) is 0 Å². The number of ketones is 1. The molecule has 24 heavy (non-hydrogen) atoms. The number of hydrogen-bond acceptors (Lipinski definition) is 3. The Labute approximate surface area is 140 Å². The van der Waals surface area contributed by atoms with Crippen molar-refractivity contribution in [2.24, 2.45) is 17.8 Å². The number of hydrogen-bond donors (Lipinski definition) is 1. The minimum Gasteiger partial charge on any atom is -0.368 e. The molecule has 0 radical (unpaired) electrons. The molecular weight excluding hydrogens is 323 g/mol. The predicted octanol–water partition coefficient (Wildman–Crippen LogP) is 3.25. The zero-order valence-corrected chi connectivity index (χ0v) is 14.0. The minimum absolute atomic E-state index is 0.0230. The molecule has 0 heterocycles. The van der Waals surface area contributed by atoms with E-state index in [0.29, 0.717) is 32.2 Å². The monoisotopic (exact) mass is 349 g/mol. The van der Waals surface area contributed by atoms with Crippen LogP contribution in [0.3, 0.4) is 0 Å². The normalized spacial score (nSPS) is 31.8. The van der Waals surface area contributed by atoms with E-state index in [9.17, 15) is 22.8 Å². The quantitative estimate of drug-likeness (QED) is 0.829. The number of rotatable bonds is 5. The van der Waals surface area contributed by atoms with Gasteiger partial charge in [-0.2, -0.15) is 13.2 Å². The van der Waals surface area contributed by atoms with Crippen LogP contribution in [0.5, 0.6) is 0 Å². The topological polar surface area (TPSA) is 55.4 Å². The van der Waals surface area contributed by atoms with Crippen LogP contribution in [0.4, 0.5) is 13.2 Å². The summed E-state index contributed by atoms with van der Waals surface area (Å²) in [7, 11) is 0. The molecule has 2 aliphatic rings. The Morgan fingerprint density at radius 2 is 1.96 bits per heavy atom.